The van der Waals surface area contributed by atoms with E-state index in [9.17, 15) is 9.59 Å². The predicted molar refractivity (Wildman–Crippen MR) is 32.3 cm³/mol. The van der Waals surface area contributed by atoms with Gasteiger partial charge in [-0.2, -0.15) is 9.83 Å². The molecule has 0 aliphatic heterocycles. The number of nitrogens with one attached hydrogen (secondary N) is 1. The summed E-state index contributed by atoms with van der Waals surface area (Å²) in [5, 5.41) is 8.19. The maximum Gasteiger partial charge on any atom is 0.341 e. The number of aromatic amines is 1. The van der Waals surface area contributed by atoms with Crippen LogP contribution in [0.2, 0.25) is 0 Å². The Kier molecular flexibility index (Phi) is 1.38. The lowest BCUT2D eigenvalue weighted by Gasteiger charge is -1.85. The Hall–Kier alpha value is -1.83. The van der Waals surface area contributed by atoms with Crippen molar-refractivity contribution in [2.24, 2.45) is 0 Å². The quantitative estimate of drug-likeness (QED) is 0.491. The van der Waals surface area contributed by atoms with E-state index in [0.29, 0.717) is 4.57 Å². The SMILES string of the molecule is N#Cn1c(=O)cc[nH]c1=O. The second-order valence-corrected chi connectivity index (χ2v) is 1.56. The summed E-state index contributed by atoms with van der Waals surface area (Å²) in [5.41, 5.74) is -1.33. The minimum atomic E-state index is -0.713. The Morgan fingerprint density at radius 2 is 2.30 bits per heavy atom. The van der Waals surface area contributed by atoms with E-state index in [0.717, 1.165) is 6.07 Å². The summed E-state index contributed by atoms with van der Waals surface area (Å²) in [7, 11) is 0. The highest BCUT2D eigenvalue weighted by molar-refractivity contribution is 4.90. The largest absolute Gasteiger partial charge is 0.341 e. The molecule has 10 heavy (non-hydrogen) atoms. The molecule has 0 aliphatic rings. The van der Waals surface area contributed by atoms with E-state index in [1.807, 2.05) is 0 Å². The molecule has 0 saturated carbocycles. The van der Waals surface area contributed by atoms with Gasteiger partial charge >= 0.3 is 5.69 Å². The molecular weight excluding hydrogens is 134 g/mol. The number of hydrogen-bond acceptors (Lipinski definition) is 3. The first-order chi connectivity index (χ1) is 4.75. The van der Waals surface area contributed by atoms with E-state index in [1.54, 1.807) is 0 Å². The average Bonchev–Trinajstić information content (AvgIpc) is 1.88. The summed E-state index contributed by atoms with van der Waals surface area (Å²) in [6, 6.07) is 1.10. The van der Waals surface area contributed by atoms with Crippen molar-refractivity contribution in [2.75, 3.05) is 0 Å². The molecule has 0 aliphatic carbocycles. The van der Waals surface area contributed by atoms with Gasteiger partial charge in [0.2, 0.25) is 0 Å². The summed E-state index contributed by atoms with van der Waals surface area (Å²) in [5.74, 6) is 0. The second-order valence-electron chi connectivity index (χ2n) is 1.56. The van der Waals surface area contributed by atoms with Crippen LogP contribution >= 0.6 is 0 Å². The van der Waals surface area contributed by atoms with Crippen molar-refractivity contribution < 1.29 is 0 Å². The van der Waals surface area contributed by atoms with Crippen molar-refractivity contribution in [3.8, 4) is 6.19 Å². The highest BCUT2D eigenvalue weighted by atomic mass is 16.2. The Labute approximate surface area is 55.2 Å². The number of aromatic nitrogens is 2. The number of nitrogens with zero attached hydrogens (tertiary/aromatic N) is 2. The third-order valence-electron chi connectivity index (χ3n) is 0.956. The summed E-state index contributed by atoms with van der Waals surface area (Å²) < 4.78 is 0.431. The van der Waals surface area contributed by atoms with Gasteiger partial charge in [-0.15, -0.1) is 0 Å². The maximum atomic E-state index is 10.6. The monoisotopic (exact) mass is 137 g/mol. The minimum Gasteiger partial charge on any atom is -0.313 e. The molecule has 0 unspecified atom stereocenters. The first kappa shape index (κ1) is 6.29. The molecule has 1 heterocycles. The normalized spacial score (nSPS) is 8.70. The number of rotatable bonds is 0. The van der Waals surface area contributed by atoms with Gasteiger partial charge in [-0.05, 0) is 0 Å². The van der Waals surface area contributed by atoms with Crippen LogP contribution in [0.1, 0.15) is 0 Å². The fourth-order valence-electron chi connectivity index (χ4n) is 0.518. The van der Waals surface area contributed by atoms with Crippen molar-refractivity contribution in [1.82, 2.24) is 9.55 Å². The molecule has 0 saturated heterocycles. The molecular formula is C5H3N3O2. The van der Waals surface area contributed by atoms with Crippen molar-refractivity contribution >= 4 is 0 Å². The summed E-state index contributed by atoms with van der Waals surface area (Å²) >= 11 is 0. The van der Waals surface area contributed by atoms with Gasteiger partial charge in [-0.25, -0.2) is 4.79 Å². The van der Waals surface area contributed by atoms with Crippen LogP contribution in [-0.4, -0.2) is 9.55 Å². The van der Waals surface area contributed by atoms with Crippen molar-refractivity contribution in [1.29, 1.82) is 5.26 Å². The van der Waals surface area contributed by atoms with Gasteiger partial charge in [-0.1, -0.05) is 0 Å². The van der Waals surface area contributed by atoms with Crippen LogP contribution in [0.25, 0.3) is 0 Å². The fourth-order valence-corrected chi connectivity index (χ4v) is 0.518. The van der Waals surface area contributed by atoms with E-state index < -0.39 is 11.2 Å². The van der Waals surface area contributed by atoms with E-state index >= 15 is 0 Å². The Bertz CT molecular complexity index is 353. The molecule has 1 aromatic rings. The Morgan fingerprint density at radius 1 is 1.60 bits per heavy atom. The van der Waals surface area contributed by atoms with Crippen LogP contribution in [-0.2, 0) is 0 Å². The van der Waals surface area contributed by atoms with E-state index in [4.69, 9.17) is 5.26 Å². The Balaban J connectivity index is 3.67. The molecule has 50 valence electrons. The molecule has 0 fully saturated rings. The molecule has 5 nitrogen and oxygen atoms in total. The van der Waals surface area contributed by atoms with Gasteiger partial charge in [0.25, 0.3) is 5.56 Å². The molecule has 1 rings (SSSR count). The van der Waals surface area contributed by atoms with E-state index in [1.165, 1.54) is 12.4 Å². The molecule has 0 amide bonds. The highest BCUT2D eigenvalue weighted by Gasteiger charge is 1.94. The molecule has 0 bridgehead atoms. The predicted octanol–water partition coefficient (Wildman–Crippen LogP) is -1.13. The lowest BCUT2D eigenvalue weighted by Crippen LogP contribution is -2.30. The third-order valence-corrected chi connectivity index (χ3v) is 0.956. The average molecular weight is 137 g/mol. The zero-order valence-electron chi connectivity index (χ0n) is 4.87. The summed E-state index contributed by atoms with van der Waals surface area (Å²) in [6.07, 6.45) is 2.62. The van der Waals surface area contributed by atoms with Gasteiger partial charge in [0, 0.05) is 12.3 Å². The number of hydrogen-bond donors (Lipinski definition) is 1. The third kappa shape index (κ3) is 0.821. The fraction of sp³-hybridized carbons (Fsp3) is 0. The topological polar surface area (TPSA) is 78.7 Å². The number of H-pyrrole nitrogens is 1. The van der Waals surface area contributed by atoms with Crippen LogP contribution in [0.3, 0.4) is 0 Å². The van der Waals surface area contributed by atoms with Gasteiger partial charge in [-0.3, -0.25) is 4.79 Å². The van der Waals surface area contributed by atoms with Crippen LogP contribution in [0.5, 0.6) is 0 Å². The standard InChI is InChI=1S/C5H3N3O2/c6-3-8-4(9)1-2-7-5(8)10/h1-2H,(H,7,10). The molecule has 1 aromatic heterocycles. The zero-order valence-corrected chi connectivity index (χ0v) is 4.87. The van der Waals surface area contributed by atoms with Crippen molar-refractivity contribution in [3.63, 3.8) is 0 Å². The smallest absolute Gasteiger partial charge is 0.313 e. The molecule has 5 heteroatoms. The molecule has 0 atom stereocenters. The molecule has 0 aromatic carbocycles. The Morgan fingerprint density at radius 3 is 2.70 bits per heavy atom. The van der Waals surface area contributed by atoms with Gasteiger partial charge in [0.15, 0.2) is 6.19 Å². The van der Waals surface area contributed by atoms with Gasteiger partial charge in [0.05, 0.1) is 0 Å². The summed E-state index contributed by atoms with van der Waals surface area (Å²) in [6.45, 7) is 0. The molecule has 0 radical (unpaired) electrons. The highest BCUT2D eigenvalue weighted by Crippen LogP contribution is 1.60. The van der Waals surface area contributed by atoms with Crippen molar-refractivity contribution in [2.45, 2.75) is 0 Å². The number of nitriles is 1. The van der Waals surface area contributed by atoms with Crippen LogP contribution in [0.15, 0.2) is 21.9 Å². The van der Waals surface area contributed by atoms with Crippen molar-refractivity contribution in [3.05, 3.63) is 33.1 Å². The zero-order chi connectivity index (χ0) is 7.56. The molecule has 0 spiro atoms. The van der Waals surface area contributed by atoms with Gasteiger partial charge in [0.1, 0.15) is 0 Å². The maximum absolute atomic E-state index is 10.6. The lowest BCUT2D eigenvalue weighted by molar-refractivity contribution is 0.890. The first-order valence-corrected chi connectivity index (χ1v) is 2.46. The lowest BCUT2D eigenvalue weighted by atomic mass is 10.6. The van der Waals surface area contributed by atoms with Crippen LogP contribution in [0, 0.1) is 11.5 Å². The molecule has 1 N–H and O–H groups in total. The second kappa shape index (κ2) is 2.19. The van der Waals surface area contributed by atoms with Crippen LogP contribution in [0.4, 0.5) is 0 Å². The first-order valence-electron chi connectivity index (χ1n) is 2.46. The van der Waals surface area contributed by atoms with Gasteiger partial charge < -0.3 is 4.98 Å². The minimum absolute atomic E-state index is 0.431. The van der Waals surface area contributed by atoms with Crippen LogP contribution < -0.4 is 11.2 Å². The van der Waals surface area contributed by atoms with E-state index in [2.05, 4.69) is 4.98 Å². The summed E-state index contributed by atoms with van der Waals surface area (Å²) in [4.78, 5) is 23.3. The van der Waals surface area contributed by atoms with E-state index in [-0.39, 0.29) is 0 Å².